The molecule has 2 heterocycles. The Kier molecular flexibility index (Phi) is 5.37. The number of carbonyl (C=O) groups is 1. The second kappa shape index (κ2) is 7.28. The minimum atomic E-state index is -0.252. The van der Waals surface area contributed by atoms with Gasteiger partial charge < -0.3 is 15.5 Å². The van der Waals surface area contributed by atoms with Crippen LogP contribution in [0.3, 0.4) is 0 Å². The van der Waals surface area contributed by atoms with Crippen LogP contribution in [0.25, 0.3) is 0 Å². The number of nitrogens with zero attached hydrogens (tertiary/aromatic N) is 3. The first-order valence-corrected chi connectivity index (χ1v) is 9.12. The molecule has 1 aliphatic carbocycles. The van der Waals surface area contributed by atoms with E-state index in [-0.39, 0.29) is 11.9 Å². The number of nitrogens with two attached hydrogens (primary N) is 1. The van der Waals surface area contributed by atoms with E-state index in [0.29, 0.717) is 5.92 Å². The summed E-state index contributed by atoms with van der Waals surface area (Å²) < 4.78 is 0. The molecule has 0 unspecified atom stereocenters. The maximum atomic E-state index is 12.6. The molecular weight excluding hydrogens is 276 g/mol. The average Bonchev–Trinajstić information content (AvgIpc) is 3.09. The van der Waals surface area contributed by atoms with Crippen LogP contribution >= 0.6 is 0 Å². The largest absolute Gasteiger partial charge is 0.339 e. The Hall–Kier alpha value is -0.650. The second-order valence-corrected chi connectivity index (χ2v) is 7.47. The number of carbonyl (C=O) groups excluding carboxylic acids is 1. The van der Waals surface area contributed by atoms with Crippen molar-refractivity contribution in [3.8, 4) is 0 Å². The predicted octanol–water partition coefficient (Wildman–Crippen LogP) is 0.742. The highest BCUT2D eigenvalue weighted by Crippen LogP contribution is 2.28. The number of hydrogen-bond acceptors (Lipinski definition) is 4. The lowest BCUT2D eigenvalue weighted by molar-refractivity contribution is -0.136. The Morgan fingerprint density at radius 3 is 2.14 bits per heavy atom. The summed E-state index contributed by atoms with van der Waals surface area (Å²) >= 11 is 0. The van der Waals surface area contributed by atoms with Gasteiger partial charge in [-0.05, 0) is 51.7 Å². The number of likely N-dealkylation sites (tertiary alicyclic amines) is 1. The molecule has 3 aliphatic rings. The van der Waals surface area contributed by atoms with Crippen molar-refractivity contribution in [2.24, 2.45) is 11.7 Å². The SMILES string of the molecule is CN1CCC(N2CCN(C(=O)[C@H](N)C3CCCC3)CC2)CC1. The molecule has 1 amide bonds. The molecule has 2 saturated heterocycles. The van der Waals surface area contributed by atoms with Crippen LogP contribution in [0.15, 0.2) is 0 Å². The third-order valence-electron chi connectivity index (χ3n) is 6.02. The Morgan fingerprint density at radius 2 is 1.55 bits per heavy atom. The Bertz CT molecular complexity index is 367. The molecule has 1 atom stereocenters. The average molecular weight is 308 g/mol. The van der Waals surface area contributed by atoms with Crippen molar-refractivity contribution in [3.63, 3.8) is 0 Å². The smallest absolute Gasteiger partial charge is 0.239 e. The summed E-state index contributed by atoms with van der Waals surface area (Å²) in [6.45, 7) is 6.19. The van der Waals surface area contributed by atoms with E-state index in [0.717, 1.165) is 45.1 Å². The van der Waals surface area contributed by atoms with Gasteiger partial charge in [-0.15, -0.1) is 0 Å². The van der Waals surface area contributed by atoms with Crippen molar-refractivity contribution in [1.82, 2.24) is 14.7 Å². The molecule has 5 nitrogen and oxygen atoms in total. The monoisotopic (exact) mass is 308 g/mol. The van der Waals surface area contributed by atoms with E-state index in [1.807, 2.05) is 4.90 Å². The molecule has 5 heteroatoms. The van der Waals surface area contributed by atoms with Gasteiger partial charge in [-0.1, -0.05) is 12.8 Å². The Balaban J connectivity index is 1.45. The molecule has 3 fully saturated rings. The van der Waals surface area contributed by atoms with E-state index in [2.05, 4.69) is 16.8 Å². The quantitative estimate of drug-likeness (QED) is 0.836. The lowest BCUT2D eigenvalue weighted by Gasteiger charge is -2.42. The minimum Gasteiger partial charge on any atom is -0.339 e. The zero-order chi connectivity index (χ0) is 15.5. The second-order valence-electron chi connectivity index (χ2n) is 7.47. The first kappa shape index (κ1) is 16.2. The fourth-order valence-electron chi connectivity index (χ4n) is 4.40. The molecule has 126 valence electrons. The van der Waals surface area contributed by atoms with Gasteiger partial charge in [-0.25, -0.2) is 0 Å². The van der Waals surface area contributed by atoms with Crippen LogP contribution in [-0.4, -0.2) is 79.0 Å². The van der Waals surface area contributed by atoms with Crippen molar-refractivity contribution in [2.45, 2.75) is 50.6 Å². The molecule has 0 radical (unpaired) electrons. The number of hydrogen-bond donors (Lipinski definition) is 1. The summed E-state index contributed by atoms with van der Waals surface area (Å²) in [6, 6.07) is 0.467. The minimum absolute atomic E-state index is 0.204. The van der Waals surface area contributed by atoms with Crippen LogP contribution < -0.4 is 5.73 Å². The zero-order valence-electron chi connectivity index (χ0n) is 14.0. The fraction of sp³-hybridized carbons (Fsp3) is 0.941. The highest BCUT2D eigenvalue weighted by molar-refractivity contribution is 5.82. The summed E-state index contributed by atoms with van der Waals surface area (Å²) in [5, 5.41) is 0. The van der Waals surface area contributed by atoms with E-state index in [1.54, 1.807) is 0 Å². The van der Waals surface area contributed by atoms with Gasteiger partial charge in [-0.3, -0.25) is 9.69 Å². The molecule has 0 spiro atoms. The molecular formula is C17H32N4O. The first-order valence-electron chi connectivity index (χ1n) is 9.12. The van der Waals surface area contributed by atoms with Crippen LogP contribution in [0, 0.1) is 5.92 Å². The van der Waals surface area contributed by atoms with Gasteiger partial charge in [0.25, 0.3) is 0 Å². The summed E-state index contributed by atoms with van der Waals surface area (Å²) in [5.74, 6) is 0.634. The number of amides is 1. The zero-order valence-corrected chi connectivity index (χ0v) is 14.0. The summed E-state index contributed by atoms with van der Waals surface area (Å²) in [4.78, 5) is 19.6. The highest BCUT2D eigenvalue weighted by Gasteiger charge is 2.33. The lowest BCUT2D eigenvalue weighted by atomic mass is 9.97. The lowest BCUT2D eigenvalue weighted by Crippen LogP contribution is -2.57. The predicted molar refractivity (Wildman–Crippen MR) is 88.6 cm³/mol. The van der Waals surface area contributed by atoms with Gasteiger partial charge in [0, 0.05) is 32.2 Å². The molecule has 0 aromatic heterocycles. The molecule has 3 rings (SSSR count). The van der Waals surface area contributed by atoms with Gasteiger partial charge in [0.15, 0.2) is 0 Å². The van der Waals surface area contributed by atoms with E-state index >= 15 is 0 Å². The van der Waals surface area contributed by atoms with Gasteiger partial charge in [0.05, 0.1) is 6.04 Å². The first-order chi connectivity index (χ1) is 10.6. The van der Waals surface area contributed by atoms with Gasteiger partial charge in [0.1, 0.15) is 0 Å². The van der Waals surface area contributed by atoms with Crippen molar-refractivity contribution in [2.75, 3.05) is 46.3 Å². The van der Waals surface area contributed by atoms with Crippen LogP contribution in [0.5, 0.6) is 0 Å². The van der Waals surface area contributed by atoms with Crippen molar-refractivity contribution < 1.29 is 4.79 Å². The molecule has 1 saturated carbocycles. The number of piperazine rings is 1. The van der Waals surface area contributed by atoms with Gasteiger partial charge in [0.2, 0.25) is 5.91 Å². The highest BCUT2D eigenvalue weighted by atomic mass is 16.2. The van der Waals surface area contributed by atoms with Crippen LogP contribution in [0.4, 0.5) is 0 Å². The normalized spacial score (nSPS) is 28.2. The van der Waals surface area contributed by atoms with Crippen molar-refractivity contribution in [1.29, 1.82) is 0 Å². The van der Waals surface area contributed by atoms with Crippen molar-refractivity contribution >= 4 is 5.91 Å². The van der Waals surface area contributed by atoms with Crippen LogP contribution in [0.1, 0.15) is 38.5 Å². The standard InChI is InChI=1S/C17H32N4O/c1-19-8-6-15(7-9-19)20-10-12-21(13-11-20)17(22)16(18)14-4-2-3-5-14/h14-16H,2-13,18H2,1H3/t16-/m1/s1. The van der Waals surface area contributed by atoms with E-state index in [9.17, 15) is 4.79 Å². The number of rotatable bonds is 3. The molecule has 0 bridgehead atoms. The third-order valence-corrected chi connectivity index (χ3v) is 6.02. The summed E-state index contributed by atoms with van der Waals surface area (Å²) in [6.07, 6.45) is 7.31. The van der Waals surface area contributed by atoms with Crippen LogP contribution in [0.2, 0.25) is 0 Å². The number of piperidine rings is 1. The third kappa shape index (κ3) is 3.63. The summed E-state index contributed by atoms with van der Waals surface area (Å²) in [7, 11) is 2.21. The van der Waals surface area contributed by atoms with Crippen molar-refractivity contribution in [3.05, 3.63) is 0 Å². The van der Waals surface area contributed by atoms with E-state index in [1.165, 1.54) is 38.8 Å². The molecule has 2 aliphatic heterocycles. The maximum Gasteiger partial charge on any atom is 0.239 e. The molecule has 0 aromatic carbocycles. The Morgan fingerprint density at radius 1 is 0.955 bits per heavy atom. The van der Waals surface area contributed by atoms with Gasteiger partial charge in [-0.2, -0.15) is 0 Å². The van der Waals surface area contributed by atoms with E-state index in [4.69, 9.17) is 5.73 Å². The molecule has 22 heavy (non-hydrogen) atoms. The van der Waals surface area contributed by atoms with E-state index < -0.39 is 0 Å². The fourth-order valence-corrected chi connectivity index (χ4v) is 4.40. The van der Waals surface area contributed by atoms with Gasteiger partial charge >= 0.3 is 0 Å². The Labute approximate surface area is 134 Å². The topological polar surface area (TPSA) is 52.8 Å². The van der Waals surface area contributed by atoms with Crippen LogP contribution in [-0.2, 0) is 4.79 Å². The molecule has 2 N–H and O–H groups in total. The summed E-state index contributed by atoms with van der Waals surface area (Å²) in [5.41, 5.74) is 6.24. The molecule has 0 aromatic rings. The maximum absolute atomic E-state index is 12.6.